The average Bonchev–Trinajstić information content (AvgIpc) is 2.32. The van der Waals surface area contributed by atoms with Gasteiger partial charge in [-0.1, -0.05) is 19.1 Å². The van der Waals surface area contributed by atoms with Crippen LogP contribution in [-0.4, -0.2) is 32.1 Å². The number of rotatable bonds is 7. The lowest BCUT2D eigenvalue weighted by molar-refractivity contribution is 0.216. The van der Waals surface area contributed by atoms with Gasteiger partial charge in [-0.05, 0) is 57.6 Å². The Morgan fingerprint density at radius 2 is 1.83 bits per heavy atom. The van der Waals surface area contributed by atoms with Crippen LogP contribution in [-0.2, 0) is 0 Å². The van der Waals surface area contributed by atoms with E-state index < -0.39 is 0 Å². The van der Waals surface area contributed by atoms with Crippen molar-refractivity contribution in [2.75, 3.05) is 27.2 Å². The summed E-state index contributed by atoms with van der Waals surface area (Å²) in [5, 5.41) is 0. The van der Waals surface area contributed by atoms with E-state index in [1.54, 1.807) is 0 Å². The van der Waals surface area contributed by atoms with Crippen molar-refractivity contribution in [1.29, 1.82) is 0 Å². The van der Waals surface area contributed by atoms with Crippen molar-refractivity contribution in [3.63, 3.8) is 0 Å². The van der Waals surface area contributed by atoms with Gasteiger partial charge in [-0.2, -0.15) is 0 Å². The Kier molecular flexibility index (Phi) is 6.16. The van der Waals surface area contributed by atoms with E-state index in [-0.39, 0.29) is 0 Å². The molecule has 0 aliphatic carbocycles. The maximum absolute atomic E-state index is 5.67. The van der Waals surface area contributed by atoms with Gasteiger partial charge in [0.25, 0.3) is 0 Å². The smallest absolute Gasteiger partial charge is 0.119 e. The van der Waals surface area contributed by atoms with E-state index in [0.717, 1.165) is 18.7 Å². The fourth-order valence-corrected chi connectivity index (χ4v) is 2.48. The first-order valence-electron chi connectivity index (χ1n) is 6.69. The molecule has 0 heterocycles. The molecular weight excluding hydrogens is 224 g/mol. The van der Waals surface area contributed by atoms with Crippen LogP contribution in [0.1, 0.15) is 31.9 Å². The topological polar surface area (TPSA) is 38.5 Å². The number of benzene rings is 1. The Labute approximate surface area is 111 Å². The van der Waals surface area contributed by atoms with E-state index in [9.17, 15) is 0 Å². The molecule has 0 fully saturated rings. The molecule has 0 bridgehead atoms. The van der Waals surface area contributed by atoms with Crippen LogP contribution < -0.4 is 10.5 Å². The van der Waals surface area contributed by atoms with E-state index in [4.69, 9.17) is 10.5 Å². The molecule has 18 heavy (non-hydrogen) atoms. The minimum absolute atomic E-state index is 0.407. The number of nitrogens with zero attached hydrogens (tertiary/aromatic N) is 1. The molecule has 1 aromatic carbocycles. The Balaban J connectivity index is 2.85. The Morgan fingerprint density at radius 1 is 1.22 bits per heavy atom. The fourth-order valence-electron chi connectivity index (χ4n) is 2.48. The van der Waals surface area contributed by atoms with Crippen molar-refractivity contribution in [1.82, 2.24) is 4.90 Å². The lowest BCUT2D eigenvalue weighted by Crippen LogP contribution is -2.27. The zero-order valence-electron chi connectivity index (χ0n) is 12.0. The summed E-state index contributed by atoms with van der Waals surface area (Å²) in [5.74, 6) is 1.48. The van der Waals surface area contributed by atoms with Crippen LogP contribution in [0.4, 0.5) is 0 Å². The van der Waals surface area contributed by atoms with Crippen LogP contribution in [0.3, 0.4) is 0 Å². The number of ether oxygens (including phenoxy) is 1. The second-order valence-corrected chi connectivity index (χ2v) is 4.97. The molecular formula is C15H26N2O. The van der Waals surface area contributed by atoms with Gasteiger partial charge in [-0.15, -0.1) is 0 Å². The molecule has 1 rings (SSSR count). The molecule has 0 aromatic heterocycles. The number of hydrogen-bond donors (Lipinski definition) is 1. The van der Waals surface area contributed by atoms with Gasteiger partial charge in [0.15, 0.2) is 0 Å². The fraction of sp³-hybridized carbons (Fsp3) is 0.600. The van der Waals surface area contributed by atoms with Crippen molar-refractivity contribution in [2.45, 2.75) is 26.3 Å². The summed E-state index contributed by atoms with van der Waals surface area (Å²) in [6.07, 6.45) is 1.04. The molecule has 0 aliphatic heterocycles. The molecule has 0 saturated heterocycles. The van der Waals surface area contributed by atoms with Crippen molar-refractivity contribution in [3.05, 3.63) is 29.8 Å². The second-order valence-electron chi connectivity index (χ2n) is 4.97. The maximum Gasteiger partial charge on any atom is 0.119 e. The van der Waals surface area contributed by atoms with Crippen LogP contribution in [0.25, 0.3) is 0 Å². The molecule has 0 amide bonds. The molecule has 102 valence electrons. The van der Waals surface area contributed by atoms with Crippen LogP contribution in [0.5, 0.6) is 5.75 Å². The minimum atomic E-state index is 0.407. The van der Waals surface area contributed by atoms with Crippen LogP contribution >= 0.6 is 0 Å². The quantitative estimate of drug-likeness (QED) is 0.808. The van der Waals surface area contributed by atoms with Crippen LogP contribution in [0.15, 0.2) is 24.3 Å². The lowest BCUT2D eigenvalue weighted by Gasteiger charge is -2.30. The highest BCUT2D eigenvalue weighted by atomic mass is 16.5. The van der Waals surface area contributed by atoms with Crippen molar-refractivity contribution < 1.29 is 4.74 Å². The van der Waals surface area contributed by atoms with Crippen molar-refractivity contribution in [3.8, 4) is 5.75 Å². The van der Waals surface area contributed by atoms with E-state index in [1.807, 2.05) is 19.1 Å². The summed E-state index contributed by atoms with van der Waals surface area (Å²) in [6.45, 7) is 5.70. The highest BCUT2D eigenvalue weighted by molar-refractivity contribution is 5.29. The maximum atomic E-state index is 5.67. The third kappa shape index (κ3) is 4.00. The molecule has 0 radical (unpaired) electrons. The van der Waals surface area contributed by atoms with E-state index >= 15 is 0 Å². The second kappa shape index (κ2) is 7.39. The molecule has 0 saturated carbocycles. The van der Waals surface area contributed by atoms with E-state index in [0.29, 0.717) is 18.6 Å². The highest BCUT2D eigenvalue weighted by Gasteiger charge is 2.20. The zero-order chi connectivity index (χ0) is 13.5. The standard InChI is InChI=1S/C15H26N2O/c1-5-18-14-8-6-13(7-9-14)15(17(3)4)12(2)10-11-16/h6-9,12,15H,5,10-11,16H2,1-4H3. The monoisotopic (exact) mass is 250 g/mol. The normalized spacial score (nSPS) is 14.6. The molecule has 2 unspecified atom stereocenters. The predicted molar refractivity (Wildman–Crippen MR) is 76.9 cm³/mol. The zero-order valence-corrected chi connectivity index (χ0v) is 12.0. The third-order valence-corrected chi connectivity index (χ3v) is 3.25. The molecule has 0 aliphatic rings. The molecule has 1 aromatic rings. The predicted octanol–water partition coefficient (Wildman–Crippen LogP) is 2.67. The Morgan fingerprint density at radius 3 is 2.28 bits per heavy atom. The molecule has 2 atom stereocenters. The lowest BCUT2D eigenvalue weighted by atomic mass is 9.91. The highest BCUT2D eigenvalue weighted by Crippen LogP contribution is 2.29. The van der Waals surface area contributed by atoms with Gasteiger partial charge >= 0.3 is 0 Å². The summed E-state index contributed by atoms with van der Waals surface area (Å²) in [7, 11) is 4.24. The van der Waals surface area contributed by atoms with Gasteiger partial charge in [0.2, 0.25) is 0 Å². The first-order chi connectivity index (χ1) is 8.60. The Hall–Kier alpha value is -1.06. The first kappa shape index (κ1) is 15.0. The molecule has 2 N–H and O–H groups in total. The van der Waals surface area contributed by atoms with Gasteiger partial charge in [-0.25, -0.2) is 0 Å². The molecule has 3 nitrogen and oxygen atoms in total. The average molecular weight is 250 g/mol. The van der Waals surface area contributed by atoms with Crippen molar-refractivity contribution in [2.24, 2.45) is 11.7 Å². The minimum Gasteiger partial charge on any atom is -0.494 e. The Bertz CT molecular complexity index is 335. The first-order valence-corrected chi connectivity index (χ1v) is 6.69. The summed E-state index contributed by atoms with van der Waals surface area (Å²) < 4.78 is 5.48. The van der Waals surface area contributed by atoms with Crippen molar-refractivity contribution >= 4 is 0 Å². The summed E-state index contributed by atoms with van der Waals surface area (Å²) in [6, 6.07) is 8.81. The number of nitrogens with two attached hydrogens (primary N) is 1. The summed E-state index contributed by atoms with van der Waals surface area (Å²) >= 11 is 0. The van der Waals surface area contributed by atoms with Crippen LogP contribution in [0, 0.1) is 5.92 Å². The largest absolute Gasteiger partial charge is 0.494 e. The van der Waals surface area contributed by atoms with Crippen LogP contribution in [0.2, 0.25) is 0 Å². The van der Waals surface area contributed by atoms with E-state index in [1.165, 1.54) is 5.56 Å². The SMILES string of the molecule is CCOc1ccc(C(C(C)CCN)N(C)C)cc1. The van der Waals surface area contributed by atoms with Gasteiger partial charge < -0.3 is 15.4 Å². The van der Waals surface area contributed by atoms with Gasteiger partial charge in [-0.3, -0.25) is 0 Å². The third-order valence-electron chi connectivity index (χ3n) is 3.25. The van der Waals surface area contributed by atoms with Gasteiger partial charge in [0.05, 0.1) is 6.61 Å². The van der Waals surface area contributed by atoms with Gasteiger partial charge in [0, 0.05) is 6.04 Å². The molecule has 3 heteroatoms. The molecule has 0 spiro atoms. The van der Waals surface area contributed by atoms with E-state index in [2.05, 4.69) is 38.1 Å². The number of hydrogen-bond acceptors (Lipinski definition) is 3. The summed E-state index contributed by atoms with van der Waals surface area (Å²) in [4.78, 5) is 2.26. The summed E-state index contributed by atoms with van der Waals surface area (Å²) in [5.41, 5.74) is 6.99. The van der Waals surface area contributed by atoms with Gasteiger partial charge in [0.1, 0.15) is 5.75 Å².